The molecule has 0 aromatic heterocycles. The molecule has 4 N–H and O–H groups in total. The van der Waals surface area contributed by atoms with E-state index in [1.54, 1.807) is 19.1 Å². The Balaban J connectivity index is 1.31. The van der Waals surface area contributed by atoms with Gasteiger partial charge >= 0.3 is 5.97 Å². The summed E-state index contributed by atoms with van der Waals surface area (Å²) in [6.07, 6.45) is 5.80. The first-order chi connectivity index (χ1) is 23.2. The van der Waals surface area contributed by atoms with E-state index in [9.17, 15) is 24.6 Å². The van der Waals surface area contributed by atoms with Crippen LogP contribution in [0.25, 0.3) is 0 Å². The third kappa shape index (κ3) is 7.84. The highest BCUT2D eigenvalue weighted by Gasteiger charge is 2.58. The average molecular weight is 693 g/mol. The van der Waals surface area contributed by atoms with E-state index in [-0.39, 0.29) is 66.8 Å². The summed E-state index contributed by atoms with van der Waals surface area (Å²) in [6, 6.07) is -0.436. The predicted molar refractivity (Wildman–Crippen MR) is 184 cm³/mol. The summed E-state index contributed by atoms with van der Waals surface area (Å²) >= 11 is 0. The predicted octanol–water partition coefficient (Wildman–Crippen LogP) is 2.21. The van der Waals surface area contributed by atoms with Crippen LogP contribution in [0.4, 0.5) is 0 Å². The van der Waals surface area contributed by atoms with Gasteiger partial charge in [-0.2, -0.15) is 5.06 Å². The molecule has 6 aliphatic rings. The van der Waals surface area contributed by atoms with E-state index >= 15 is 0 Å². The normalized spacial score (nSPS) is 41.1. The average Bonchev–Trinajstić information content (AvgIpc) is 3.45. The molecule has 5 aliphatic carbocycles. The SMILES string of the molecule is COC(=O)CNC(=O)C1CC(C2CCCC(CN3O[C@@H](CO)[C@@H]([C@H](C)O)C3C(=O)N[C@H]3C[C@H]4C[C@@H]([C@@H]3C)C4(C)C)C2OC)CC(N(C)C)C1. The molecule has 6 rings (SSSR count). The summed E-state index contributed by atoms with van der Waals surface area (Å²) in [6.45, 7) is 8.64. The second-order valence-electron chi connectivity index (χ2n) is 16.9. The van der Waals surface area contributed by atoms with Crippen LogP contribution in [0.15, 0.2) is 0 Å². The highest BCUT2D eigenvalue weighted by atomic mass is 16.7. The third-order valence-corrected chi connectivity index (χ3v) is 13.8. The van der Waals surface area contributed by atoms with Gasteiger partial charge in [-0.15, -0.1) is 0 Å². The third-order valence-electron chi connectivity index (χ3n) is 13.8. The molecule has 14 atom stereocenters. The van der Waals surface area contributed by atoms with Crippen molar-refractivity contribution in [2.24, 2.45) is 52.8 Å². The number of esters is 1. The Labute approximate surface area is 293 Å². The number of aliphatic hydroxyl groups excluding tert-OH is 2. The maximum atomic E-state index is 14.2. The molecular weight excluding hydrogens is 628 g/mol. The second kappa shape index (κ2) is 15.8. The number of nitrogens with one attached hydrogen (secondary N) is 2. The first-order valence-corrected chi connectivity index (χ1v) is 18.8. The first-order valence-electron chi connectivity index (χ1n) is 18.8. The molecule has 49 heavy (non-hydrogen) atoms. The number of rotatable bonds is 12. The quantitative estimate of drug-likeness (QED) is 0.224. The smallest absolute Gasteiger partial charge is 0.325 e. The van der Waals surface area contributed by atoms with Crippen molar-refractivity contribution in [1.82, 2.24) is 20.6 Å². The molecule has 6 fully saturated rings. The van der Waals surface area contributed by atoms with Gasteiger partial charge in [-0.05, 0) is 101 Å². The fraction of sp³-hybridized carbons (Fsp3) is 0.919. The van der Waals surface area contributed by atoms with Crippen LogP contribution < -0.4 is 10.6 Å². The minimum absolute atomic E-state index is 0.0551. The van der Waals surface area contributed by atoms with E-state index in [0.717, 1.165) is 44.9 Å². The number of ether oxygens (including phenoxy) is 2. The van der Waals surface area contributed by atoms with Gasteiger partial charge in [0.25, 0.3) is 0 Å². The maximum Gasteiger partial charge on any atom is 0.325 e. The zero-order chi connectivity index (χ0) is 35.8. The molecule has 1 aliphatic heterocycles. The summed E-state index contributed by atoms with van der Waals surface area (Å²) in [5, 5.41) is 29.2. The van der Waals surface area contributed by atoms with Crippen LogP contribution in [-0.2, 0) is 28.7 Å². The minimum Gasteiger partial charge on any atom is -0.468 e. The topological polar surface area (TPSA) is 150 Å². The number of nitrogens with zero attached hydrogens (tertiary/aromatic N) is 2. The largest absolute Gasteiger partial charge is 0.468 e. The summed E-state index contributed by atoms with van der Waals surface area (Å²) in [5.74, 6) is 0.525. The molecule has 0 radical (unpaired) electrons. The van der Waals surface area contributed by atoms with Crippen molar-refractivity contribution in [2.45, 2.75) is 115 Å². The van der Waals surface area contributed by atoms with Gasteiger partial charge in [0.15, 0.2) is 0 Å². The molecule has 12 heteroatoms. The van der Waals surface area contributed by atoms with Crippen LogP contribution in [0.5, 0.6) is 0 Å². The number of aliphatic hydroxyl groups is 2. The van der Waals surface area contributed by atoms with Gasteiger partial charge in [-0.1, -0.05) is 27.2 Å². The van der Waals surface area contributed by atoms with Crippen molar-refractivity contribution < 1.29 is 38.9 Å². The van der Waals surface area contributed by atoms with Gasteiger partial charge in [0.1, 0.15) is 18.7 Å². The van der Waals surface area contributed by atoms with Gasteiger partial charge in [0.05, 0.1) is 25.9 Å². The molecule has 1 heterocycles. The standard InChI is InChI=1S/C37H64N4O8/c1-20-28-15-25(37(28,3)4)16-29(20)39-36(46)33-32(21(2)43)30(19-42)49-41(33)18-22-10-9-11-27(34(22)48-8)23-12-24(14-26(13-23)40(5)6)35(45)38-17-31(44)47-7/h20-30,32-34,42-43H,9-19H2,1-8H3,(H,38,45)(H,39,46)/t20-,21-,22?,23?,24?,25+,26?,27?,28-,29-,30-,32+,33?,34?/m0/s1. The second-order valence-corrected chi connectivity index (χ2v) is 16.9. The van der Waals surface area contributed by atoms with E-state index in [1.165, 1.54) is 13.5 Å². The zero-order valence-electron chi connectivity index (χ0n) is 31.1. The van der Waals surface area contributed by atoms with Crippen molar-refractivity contribution >= 4 is 17.8 Å². The van der Waals surface area contributed by atoms with E-state index in [2.05, 4.69) is 50.4 Å². The van der Waals surface area contributed by atoms with Crippen molar-refractivity contribution in [3.63, 3.8) is 0 Å². The number of fused-ring (bicyclic) bond motifs is 2. The molecule has 7 unspecified atom stereocenters. The van der Waals surface area contributed by atoms with Crippen LogP contribution in [0, 0.1) is 52.8 Å². The Morgan fingerprint density at radius 1 is 1.06 bits per heavy atom. The molecule has 2 amide bonds. The lowest BCUT2D eigenvalue weighted by atomic mass is 9.45. The maximum absolute atomic E-state index is 14.2. The molecular formula is C37H64N4O8. The van der Waals surface area contributed by atoms with Crippen molar-refractivity contribution in [1.29, 1.82) is 0 Å². The Kier molecular flexibility index (Phi) is 12.4. The Hall–Kier alpha value is -1.83. The van der Waals surface area contributed by atoms with Crippen LogP contribution in [0.2, 0.25) is 0 Å². The van der Waals surface area contributed by atoms with Crippen LogP contribution in [0.3, 0.4) is 0 Å². The molecule has 0 spiro atoms. The Bertz CT molecular complexity index is 1170. The van der Waals surface area contributed by atoms with Crippen molar-refractivity contribution in [3.05, 3.63) is 0 Å². The van der Waals surface area contributed by atoms with Gasteiger partial charge in [-0.3, -0.25) is 19.2 Å². The molecule has 5 saturated carbocycles. The summed E-state index contributed by atoms with van der Waals surface area (Å²) in [5.41, 5.74) is 0.303. The summed E-state index contributed by atoms with van der Waals surface area (Å²) < 4.78 is 11.0. The number of carbonyl (C=O) groups excluding carboxylic acids is 3. The number of carbonyl (C=O) groups is 3. The Morgan fingerprint density at radius 3 is 2.39 bits per heavy atom. The first kappa shape index (κ1) is 38.4. The molecule has 0 aromatic rings. The lowest BCUT2D eigenvalue weighted by Gasteiger charge is -2.62. The fourth-order valence-corrected chi connectivity index (χ4v) is 10.8. The fourth-order valence-electron chi connectivity index (χ4n) is 10.8. The van der Waals surface area contributed by atoms with Crippen molar-refractivity contribution in [3.8, 4) is 0 Å². The summed E-state index contributed by atoms with van der Waals surface area (Å²) in [4.78, 5) is 47.7. The highest BCUT2D eigenvalue weighted by Crippen LogP contribution is 2.61. The Morgan fingerprint density at radius 2 is 1.80 bits per heavy atom. The lowest BCUT2D eigenvalue weighted by Crippen LogP contribution is -2.62. The molecule has 2 bridgehead atoms. The minimum atomic E-state index is -0.848. The van der Waals surface area contributed by atoms with Gasteiger partial charge in [0, 0.05) is 43.5 Å². The van der Waals surface area contributed by atoms with Crippen molar-refractivity contribution in [2.75, 3.05) is 48.0 Å². The highest BCUT2D eigenvalue weighted by molar-refractivity contribution is 5.84. The van der Waals surface area contributed by atoms with E-state index in [1.807, 2.05) is 0 Å². The number of hydroxylamine groups is 2. The van der Waals surface area contributed by atoms with E-state index < -0.39 is 30.1 Å². The van der Waals surface area contributed by atoms with Crippen LogP contribution in [-0.4, -0.2) is 122 Å². The number of hydrogen-bond acceptors (Lipinski definition) is 10. The molecule has 1 saturated heterocycles. The van der Waals surface area contributed by atoms with Crippen LogP contribution in [0.1, 0.15) is 79.1 Å². The number of methoxy groups -OCH3 is 2. The number of amides is 2. The summed E-state index contributed by atoms with van der Waals surface area (Å²) in [7, 11) is 7.17. The van der Waals surface area contributed by atoms with Gasteiger partial charge in [0.2, 0.25) is 11.8 Å². The van der Waals surface area contributed by atoms with Crippen LogP contribution >= 0.6 is 0 Å². The molecule has 0 aromatic carbocycles. The zero-order valence-corrected chi connectivity index (χ0v) is 31.1. The molecule has 280 valence electrons. The lowest BCUT2D eigenvalue weighted by molar-refractivity contribution is -0.193. The monoisotopic (exact) mass is 692 g/mol. The molecule has 12 nitrogen and oxygen atoms in total. The van der Waals surface area contributed by atoms with Gasteiger partial charge < -0.3 is 35.2 Å². The van der Waals surface area contributed by atoms with E-state index in [4.69, 9.17) is 14.3 Å². The van der Waals surface area contributed by atoms with E-state index in [0.29, 0.717) is 29.7 Å². The number of hydrogen-bond donors (Lipinski definition) is 4. The van der Waals surface area contributed by atoms with Gasteiger partial charge in [-0.25, -0.2) is 0 Å².